The molecule has 3 rings (SSSR count). The summed E-state index contributed by atoms with van der Waals surface area (Å²) in [4.78, 5) is 0. The molecule has 0 saturated heterocycles. The summed E-state index contributed by atoms with van der Waals surface area (Å²) in [6, 6.07) is 12.7. The third-order valence-electron chi connectivity index (χ3n) is 3.67. The minimum absolute atomic E-state index is 0. The van der Waals surface area contributed by atoms with Crippen LogP contribution in [0.3, 0.4) is 0 Å². The van der Waals surface area contributed by atoms with Gasteiger partial charge in [-0.25, -0.2) is 0 Å². The first kappa shape index (κ1) is 15.6. The van der Waals surface area contributed by atoms with Gasteiger partial charge < -0.3 is 16.2 Å². The Hall–Kier alpha value is -2.80. The molecule has 0 fully saturated rings. The fraction of sp³-hybridized carbons (Fsp3) is 0.222. The van der Waals surface area contributed by atoms with Crippen molar-refractivity contribution in [2.45, 2.75) is 26.2 Å². The molecule has 114 valence electrons. The maximum atomic E-state index is 9.03. The topological polar surface area (TPSA) is 93.9 Å². The number of nitrogens with one attached hydrogen (secondary N) is 1. The number of phenols is 1. The lowest BCUT2D eigenvalue weighted by atomic mass is 10.1. The fourth-order valence-corrected chi connectivity index (χ4v) is 2.51. The van der Waals surface area contributed by atoms with Gasteiger partial charge in [0, 0.05) is 18.4 Å². The van der Waals surface area contributed by atoms with Gasteiger partial charge in [-0.2, -0.15) is 5.26 Å². The van der Waals surface area contributed by atoms with Crippen molar-refractivity contribution in [3.8, 4) is 11.8 Å². The summed E-state index contributed by atoms with van der Waals surface area (Å²) in [6.45, 7) is 1.63. The number of nitrogens with two attached hydrogens (primary N) is 1. The molecule has 2 aromatic carbocycles. The molecule has 0 heterocycles. The van der Waals surface area contributed by atoms with E-state index in [-0.39, 0.29) is 7.18 Å². The van der Waals surface area contributed by atoms with Gasteiger partial charge in [-0.05, 0) is 67.6 Å². The number of nitriles is 1. The average molecular weight is 295 g/mol. The Morgan fingerprint density at radius 2 is 1.95 bits per heavy atom. The number of aryl methyl sites for hydroxylation is 2. The predicted octanol–water partition coefficient (Wildman–Crippen LogP) is 3.66. The van der Waals surface area contributed by atoms with Crippen LogP contribution in [0.1, 0.15) is 37.0 Å². The van der Waals surface area contributed by atoms with E-state index in [9.17, 15) is 0 Å². The van der Waals surface area contributed by atoms with Crippen molar-refractivity contribution >= 4 is 11.4 Å². The Morgan fingerprint density at radius 3 is 2.59 bits per heavy atom. The van der Waals surface area contributed by atoms with Gasteiger partial charge >= 0.3 is 0 Å². The van der Waals surface area contributed by atoms with E-state index < -0.39 is 0 Å². The highest BCUT2D eigenvalue weighted by atomic mass is 16.3. The smallest absolute Gasteiger partial charge is 0.116 e. The van der Waals surface area contributed by atoms with E-state index in [0.29, 0.717) is 17.0 Å². The number of nitrogens with zero attached hydrogens (tertiary/aromatic N) is 1. The van der Waals surface area contributed by atoms with Crippen molar-refractivity contribution in [2.24, 2.45) is 0 Å². The summed E-state index contributed by atoms with van der Waals surface area (Å²) in [5.74, 6) is 0.140. The average Bonchev–Trinajstić information content (AvgIpc) is 2.97. The summed E-state index contributed by atoms with van der Waals surface area (Å²) in [7, 11) is 0. The van der Waals surface area contributed by atoms with Crippen LogP contribution < -0.4 is 5.73 Å². The SMILES string of the molecule is CC(=N)c1cc(O)ccc1N.N#Cc1ccc2c(c1)CCC2.[HH]. The Balaban J connectivity index is 0.000000220. The number of aromatic hydroxyl groups is 1. The van der Waals surface area contributed by atoms with Crippen molar-refractivity contribution in [2.75, 3.05) is 5.73 Å². The zero-order valence-corrected chi connectivity index (χ0v) is 12.6. The molecule has 0 saturated carbocycles. The minimum Gasteiger partial charge on any atom is -0.508 e. The first-order valence-corrected chi connectivity index (χ1v) is 7.17. The lowest BCUT2D eigenvalue weighted by molar-refractivity contribution is 0.475. The molecule has 0 spiro atoms. The van der Waals surface area contributed by atoms with Crippen LogP contribution in [-0.2, 0) is 12.8 Å². The number of hydrogen-bond donors (Lipinski definition) is 3. The number of fused-ring (bicyclic) bond motifs is 1. The lowest BCUT2D eigenvalue weighted by Crippen LogP contribution is -1.98. The molecule has 4 N–H and O–H groups in total. The Labute approximate surface area is 131 Å². The number of benzene rings is 2. The maximum absolute atomic E-state index is 9.03. The predicted molar refractivity (Wildman–Crippen MR) is 90.3 cm³/mol. The minimum atomic E-state index is 0. The second kappa shape index (κ2) is 6.77. The van der Waals surface area contributed by atoms with Gasteiger partial charge in [0.05, 0.1) is 11.6 Å². The number of rotatable bonds is 1. The highest BCUT2D eigenvalue weighted by molar-refractivity contribution is 6.01. The van der Waals surface area contributed by atoms with Crippen molar-refractivity contribution in [1.29, 1.82) is 10.7 Å². The van der Waals surface area contributed by atoms with Gasteiger partial charge in [0.15, 0.2) is 0 Å². The first-order valence-electron chi connectivity index (χ1n) is 7.17. The van der Waals surface area contributed by atoms with Crippen molar-refractivity contribution in [1.82, 2.24) is 0 Å². The van der Waals surface area contributed by atoms with Gasteiger partial charge in [-0.3, -0.25) is 0 Å². The van der Waals surface area contributed by atoms with E-state index in [0.717, 1.165) is 12.0 Å². The monoisotopic (exact) mass is 295 g/mol. The van der Waals surface area contributed by atoms with Crippen molar-refractivity contribution in [3.05, 3.63) is 58.7 Å². The van der Waals surface area contributed by atoms with Crippen LogP contribution in [0.15, 0.2) is 36.4 Å². The highest BCUT2D eigenvalue weighted by Gasteiger charge is 2.09. The molecular formula is C18H21N3O. The molecule has 1 aliphatic rings. The van der Waals surface area contributed by atoms with Crippen molar-refractivity contribution < 1.29 is 6.53 Å². The highest BCUT2D eigenvalue weighted by Crippen LogP contribution is 2.22. The maximum Gasteiger partial charge on any atom is 0.116 e. The largest absolute Gasteiger partial charge is 0.508 e. The molecule has 0 bridgehead atoms. The summed E-state index contributed by atoms with van der Waals surface area (Å²) in [5.41, 5.74) is 10.6. The van der Waals surface area contributed by atoms with Crippen LogP contribution >= 0.6 is 0 Å². The zero-order chi connectivity index (χ0) is 16.1. The van der Waals surface area contributed by atoms with Crippen LogP contribution in [0.5, 0.6) is 5.75 Å². The molecule has 4 nitrogen and oxygen atoms in total. The molecule has 0 aliphatic heterocycles. The zero-order valence-electron chi connectivity index (χ0n) is 12.6. The standard InChI is InChI=1S/C10H9N.C8H10N2O.H2/c11-7-8-4-5-9-2-1-3-10(9)6-8;1-5(9)7-4-6(11)2-3-8(7)10;/h4-6H,1-3H2;2-4,9,11H,10H2,1H3;1H. The molecule has 1 aliphatic carbocycles. The van der Waals surface area contributed by atoms with Gasteiger partial charge in [-0.15, -0.1) is 0 Å². The van der Waals surface area contributed by atoms with Crippen LogP contribution in [-0.4, -0.2) is 10.8 Å². The Morgan fingerprint density at radius 1 is 1.23 bits per heavy atom. The number of phenolic OH excluding ortho intramolecular Hbond substituents is 1. The lowest BCUT2D eigenvalue weighted by Gasteiger charge is -2.02. The molecule has 0 radical (unpaired) electrons. The van der Waals surface area contributed by atoms with E-state index in [2.05, 4.69) is 12.1 Å². The fourth-order valence-electron chi connectivity index (χ4n) is 2.51. The normalized spacial score (nSPS) is 11.8. The van der Waals surface area contributed by atoms with Crippen LogP contribution in [0.25, 0.3) is 0 Å². The molecule has 0 aromatic heterocycles. The second-order valence-electron chi connectivity index (χ2n) is 5.35. The van der Waals surface area contributed by atoms with Gasteiger partial charge in [-0.1, -0.05) is 6.07 Å². The quantitative estimate of drug-likeness (QED) is 0.426. The van der Waals surface area contributed by atoms with Gasteiger partial charge in [0.25, 0.3) is 0 Å². The second-order valence-corrected chi connectivity index (χ2v) is 5.35. The van der Waals surface area contributed by atoms with Crippen LogP contribution in [0.4, 0.5) is 5.69 Å². The summed E-state index contributed by atoms with van der Waals surface area (Å²) >= 11 is 0. The van der Waals surface area contributed by atoms with E-state index in [1.807, 2.05) is 12.1 Å². The molecule has 0 atom stereocenters. The molecule has 4 heteroatoms. The number of anilines is 1. The summed E-state index contributed by atoms with van der Waals surface area (Å²) in [6.07, 6.45) is 3.61. The van der Waals surface area contributed by atoms with Crippen LogP contribution in [0, 0.1) is 16.7 Å². The third kappa shape index (κ3) is 3.64. The van der Waals surface area contributed by atoms with Gasteiger partial charge in [0.2, 0.25) is 0 Å². The summed E-state index contributed by atoms with van der Waals surface area (Å²) in [5, 5.41) is 24.9. The van der Waals surface area contributed by atoms with E-state index in [1.54, 1.807) is 13.0 Å². The molecular weight excluding hydrogens is 274 g/mol. The summed E-state index contributed by atoms with van der Waals surface area (Å²) < 4.78 is 0. The molecule has 2 aromatic rings. The van der Waals surface area contributed by atoms with Crippen LogP contribution in [0.2, 0.25) is 0 Å². The van der Waals surface area contributed by atoms with Crippen molar-refractivity contribution in [3.63, 3.8) is 0 Å². The van der Waals surface area contributed by atoms with Gasteiger partial charge in [0.1, 0.15) is 5.75 Å². The first-order chi connectivity index (χ1) is 10.5. The van der Waals surface area contributed by atoms with E-state index in [1.165, 1.54) is 36.1 Å². The molecule has 0 amide bonds. The number of nitrogen functional groups attached to an aromatic ring is 1. The molecule has 22 heavy (non-hydrogen) atoms. The molecule has 0 unspecified atom stereocenters. The van der Waals surface area contributed by atoms with E-state index in [4.69, 9.17) is 21.5 Å². The number of hydrogen-bond acceptors (Lipinski definition) is 4. The third-order valence-corrected chi connectivity index (χ3v) is 3.67. The van der Waals surface area contributed by atoms with E-state index >= 15 is 0 Å². The Kier molecular flexibility index (Phi) is 4.80. The Bertz CT molecular complexity index is 750.